The van der Waals surface area contributed by atoms with Gasteiger partial charge in [0.1, 0.15) is 0 Å². The molecular formula is H3ClFeO5S. The maximum Gasteiger partial charge on any atom is 0.423 e. The van der Waals surface area contributed by atoms with Crippen molar-refractivity contribution in [2.24, 2.45) is 0 Å². The normalized spacial score (nSPS) is 8.75. The molecule has 0 saturated heterocycles. The van der Waals surface area contributed by atoms with Crippen molar-refractivity contribution < 1.29 is 39.6 Å². The van der Waals surface area contributed by atoms with E-state index in [9.17, 15) is 0 Å². The van der Waals surface area contributed by atoms with E-state index in [-0.39, 0.29) is 29.5 Å². The molecule has 0 aromatic carbocycles. The molecule has 0 radical (unpaired) electrons. The first-order valence-electron chi connectivity index (χ1n) is 0.865. The van der Waals surface area contributed by atoms with Crippen LogP contribution in [0.4, 0.5) is 0 Å². The van der Waals surface area contributed by atoms with Crippen LogP contribution in [0.2, 0.25) is 0 Å². The fourth-order valence-corrected chi connectivity index (χ4v) is 0. The van der Waals surface area contributed by atoms with Gasteiger partial charge in [-0.05, 0) is 0 Å². The molecule has 0 saturated carbocycles. The molecule has 0 rings (SSSR count). The van der Waals surface area contributed by atoms with E-state index >= 15 is 0 Å². The van der Waals surface area contributed by atoms with Gasteiger partial charge in [0.05, 0.1) is 0 Å². The van der Waals surface area contributed by atoms with Crippen molar-refractivity contribution in [2.75, 3.05) is 0 Å². The van der Waals surface area contributed by atoms with E-state index in [0.29, 0.717) is 0 Å². The van der Waals surface area contributed by atoms with Crippen LogP contribution in [0.25, 0.3) is 0 Å². The Morgan fingerprint density at radius 2 is 1.50 bits per heavy atom. The maximum atomic E-state index is 9.08. The Kier molecular flexibility index (Phi) is 11.4. The summed E-state index contributed by atoms with van der Waals surface area (Å²) in [6, 6.07) is 0. The second kappa shape index (κ2) is 5.77. The van der Waals surface area contributed by atoms with Gasteiger partial charge in [-0.15, -0.1) is 12.4 Å². The fourth-order valence-electron chi connectivity index (χ4n) is 0. The minimum atomic E-state index is -4.61. The van der Waals surface area contributed by atoms with E-state index in [2.05, 4.69) is 4.33 Å². The van der Waals surface area contributed by atoms with Gasteiger partial charge < -0.3 is 0 Å². The van der Waals surface area contributed by atoms with E-state index in [1.165, 1.54) is 0 Å². The predicted octanol–water partition coefficient (Wildman–Crippen LogP) is -0.302. The first kappa shape index (κ1) is 15.9. The van der Waals surface area contributed by atoms with E-state index in [0.717, 1.165) is 0 Å². The van der Waals surface area contributed by atoms with Crippen LogP contribution in [-0.2, 0) is 31.8 Å². The Hall–Kier alpha value is 0.639. The zero-order chi connectivity index (χ0) is 5.21. The summed E-state index contributed by atoms with van der Waals surface area (Å²) in [6.07, 6.45) is 0. The van der Waals surface area contributed by atoms with Crippen LogP contribution in [0.5, 0.6) is 0 Å². The van der Waals surface area contributed by atoms with Crippen molar-refractivity contribution in [3.63, 3.8) is 0 Å². The van der Waals surface area contributed by atoms with E-state index in [1.54, 1.807) is 0 Å². The summed E-state index contributed by atoms with van der Waals surface area (Å²) in [5, 5.41) is 7.06. The number of hydrogen-bond acceptors (Lipinski definition) is 4. The molecule has 0 aromatic heterocycles. The van der Waals surface area contributed by atoms with Gasteiger partial charge in [-0.25, -0.2) is 5.26 Å². The zero-order valence-electron chi connectivity index (χ0n) is 3.29. The summed E-state index contributed by atoms with van der Waals surface area (Å²) in [7, 11) is -4.61. The molecule has 0 spiro atoms. The molecule has 8 heavy (non-hydrogen) atoms. The third-order valence-electron chi connectivity index (χ3n) is 0.0942. The summed E-state index contributed by atoms with van der Waals surface area (Å²) in [6.45, 7) is 0. The van der Waals surface area contributed by atoms with Gasteiger partial charge in [0.15, 0.2) is 0 Å². The van der Waals surface area contributed by atoms with Crippen molar-refractivity contribution in [3.8, 4) is 0 Å². The van der Waals surface area contributed by atoms with Crippen molar-refractivity contribution in [1.82, 2.24) is 0 Å². The molecule has 0 aliphatic rings. The van der Waals surface area contributed by atoms with Crippen LogP contribution >= 0.6 is 12.4 Å². The molecule has 0 amide bonds. The molecule has 0 heterocycles. The van der Waals surface area contributed by atoms with Crippen LogP contribution in [0, 0.1) is 0 Å². The summed E-state index contributed by atoms with van der Waals surface area (Å²) in [5.74, 6) is 0. The van der Waals surface area contributed by atoms with Crippen molar-refractivity contribution >= 4 is 22.8 Å². The van der Waals surface area contributed by atoms with Gasteiger partial charge in [-0.3, -0.25) is 4.55 Å². The Morgan fingerprint density at radius 3 is 1.50 bits per heavy atom. The molecule has 0 unspecified atom stereocenters. The largest absolute Gasteiger partial charge is 0.423 e. The molecule has 0 atom stereocenters. The number of hydrogen-bond donors (Lipinski definition) is 2. The quantitative estimate of drug-likeness (QED) is 0.266. The fraction of sp³-hybridized carbons (Fsp3) is 0. The van der Waals surface area contributed by atoms with Crippen molar-refractivity contribution in [2.45, 2.75) is 0 Å². The number of halogens is 1. The Balaban J connectivity index is -0.000000125. The second-order valence-electron chi connectivity index (χ2n) is 0.502. The van der Waals surface area contributed by atoms with Crippen LogP contribution < -0.4 is 0 Å². The monoisotopic (exact) mass is 206 g/mol. The molecule has 54 valence electrons. The third-order valence-corrected chi connectivity index (χ3v) is 0.283. The van der Waals surface area contributed by atoms with E-state index in [1.807, 2.05) is 0 Å². The van der Waals surface area contributed by atoms with Crippen LogP contribution in [0.15, 0.2) is 0 Å². The Bertz CT molecular complexity index is 114. The van der Waals surface area contributed by atoms with Crippen LogP contribution in [-0.4, -0.2) is 18.2 Å². The van der Waals surface area contributed by atoms with Crippen LogP contribution in [0.1, 0.15) is 0 Å². The summed E-state index contributed by atoms with van der Waals surface area (Å²) >= 11 is 0. The molecule has 0 aliphatic carbocycles. The summed E-state index contributed by atoms with van der Waals surface area (Å²) in [4.78, 5) is 0. The van der Waals surface area contributed by atoms with Crippen LogP contribution in [0.3, 0.4) is 0 Å². The van der Waals surface area contributed by atoms with Gasteiger partial charge in [0.25, 0.3) is 0 Å². The molecule has 5 nitrogen and oxygen atoms in total. The van der Waals surface area contributed by atoms with E-state index in [4.69, 9.17) is 18.2 Å². The minimum Gasteiger partial charge on any atom is -0.262 e. The molecule has 0 bridgehead atoms. The molecule has 0 fully saturated rings. The maximum absolute atomic E-state index is 9.08. The average Bonchev–Trinajstić information content (AvgIpc) is 1.35. The Labute approximate surface area is 62.8 Å². The van der Waals surface area contributed by atoms with Crippen molar-refractivity contribution in [3.05, 3.63) is 0 Å². The minimum absolute atomic E-state index is 0. The standard InChI is InChI=1S/ClH.Fe.H2O5S/c;;1-5-6(2,3)4/h1H;;1H,(H,2,3,4). The molecule has 2 N–H and O–H groups in total. The number of rotatable bonds is 1. The Morgan fingerprint density at radius 1 is 1.38 bits per heavy atom. The molecule has 8 heteroatoms. The van der Waals surface area contributed by atoms with E-state index < -0.39 is 10.4 Å². The van der Waals surface area contributed by atoms with Gasteiger partial charge in [0.2, 0.25) is 0 Å². The summed E-state index contributed by atoms with van der Waals surface area (Å²) < 4.78 is 28.0. The molecular weight excluding hydrogens is 203 g/mol. The first-order chi connectivity index (χ1) is 2.56. The van der Waals surface area contributed by atoms with Gasteiger partial charge in [-0.1, -0.05) is 4.33 Å². The zero-order valence-corrected chi connectivity index (χ0v) is 6.03. The van der Waals surface area contributed by atoms with Crippen molar-refractivity contribution in [1.29, 1.82) is 0 Å². The van der Waals surface area contributed by atoms with Gasteiger partial charge in [0, 0.05) is 17.1 Å². The molecule has 0 aromatic rings. The first-order valence-corrected chi connectivity index (χ1v) is 2.23. The third kappa shape index (κ3) is 15.9. The van der Waals surface area contributed by atoms with Gasteiger partial charge in [-0.2, -0.15) is 8.42 Å². The summed E-state index contributed by atoms with van der Waals surface area (Å²) in [5.41, 5.74) is 0. The smallest absolute Gasteiger partial charge is 0.262 e. The average molecular weight is 206 g/mol. The topological polar surface area (TPSA) is 83.8 Å². The second-order valence-corrected chi connectivity index (χ2v) is 1.51. The predicted molar refractivity (Wildman–Crippen MR) is 22.5 cm³/mol. The SMILES string of the molecule is Cl.O=S(=O)(O)OO.[Fe]. The van der Waals surface area contributed by atoms with Gasteiger partial charge >= 0.3 is 10.4 Å². The molecule has 0 aliphatic heterocycles.